The van der Waals surface area contributed by atoms with Gasteiger partial charge in [-0.1, -0.05) is 32.0 Å². The molecule has 3 nitrogen and oxygen atoms in total. The Hall–Kier alpha value is -1.77. The maximum Gasteiger partial charge on any atom is 0.257 e. The Morgan fingerprint density at radius 3 is 2.75 bits per heavy atom. The highest BCUT2D eigenvalue weighted by molar-refractivity contribution is 5.83. The molecule has 1 aliphatic rings. The molecule has 0 spiro atoms. The fourth-order valence-electron chi connectivity index (χ4n) is 3.19. The molecule has 2 aromatic rings. The minimum absolute atomic E-state index is 0.0113. The van der Waals surface area contributed by atoms with Crippen LogP contribution in [0.5, 0.6) is 0 Å². The van der Waals surface area contributed by atoms with Crippen molar-refractivity contribution >= 4 is 16.6 Å². The summed E-state index contributed by atoms with van der Waals surface area (Å²) in [4.78, 5) is 15.0. The molecular formula is C17H22N2O. The maximum atomic E-state index is 12.1. The molecule has 1 heterocycles. The Morgan fingerprint density at radius 2 is 1.95 bits per heavy atom. The van der Waals surface area contributed by atoms with Crippen molar-refractivity contribution in [2.45, 2.75) is 39.2 Å². The predicted molar refractivity (Wildman–Crippen MR) is 84.2 cm³/mol. The van der Waals surface area contributed by atoms with Gasteiger partial charge in [-0.15, -0.1) is 0 Å². The third-order valence-corrected chi connectivity index (χ3v) is 4.71. The summed E-state index contributed by atoms with van der Waals surface area (Å²) in [7, 11) is 0. The number of hydrogen-bond donors (Lipinski definition) is 2. The van der Waals surface area contributed by atoms with Gasteiger partial charge in [-0.25, -0.2) is 0 Å². The van der Waals surface area contributed by atoms with Gasteiger partial charge in [0.15, 0.2) is 0 Å². The molecule has 1 aromatic carbocycles. The molecule has 3 heteroatoms. The SMILES string of the molecule is CC1CCC(Nc2cc3ccccc3c(=O)[nH]2)CC1C. The summed E-state index contributed by atoms with van der Waals surface area (Å²) in [6.07, 6.45) is 3.62. The number of benzene rings is 1. The molecule has 1 saturated carbocycles. The number of aromatic nitrogens is 1. The number of hydrogen-bond acceptors (Lipinski definition) is 2. The van der Waals surface area contributed by atoms with Crippen LogP contribution in [0.15, 0.2) is 35.1 Å². The summed E-state index contributed by atoms with van der Waals surface area (Å²) in [5.74, 6) is 2.40. The number of nitrogens with one attached hydrogen (secondary N) is 2. The van der Waals surface area contributed by atoms with Gasteiger partial charge in [0.2, 0.25) is 0 Å². The molecule has 0 radical (unpaired) electrons. The average molecular weight is 270 g/mol. The van der Waals surface area contributed by atoms with E-state index >= 15 is 0 Å². The summed E-state index contributed by atoms with van der Waals surface area (Å²) in [5.41, 5.74) is -0.0113. The van der Waals surface area contributed by atoms with E-state index in [1.807, 2.05) is 30.3 Å². The second-order valence-electron chi connectivity index (χ2n) is 6.21. The van der Waals surface area contributed by atoms with E-state index in [1.54, 1.807) is 0 Å². The first-order valence-electron chi connectivity index (χ1n) is 7.52. The van der Waals surface area contributed by atoms with E-state index in [4.69, 9.17) is 0 Å². The summed E-state index contributed by atoms with van der Waals surface area (Å²) >= 11 is 0. The van der Waals surface area contributed by atoms with Crippen molar-refractivity contribution in [1.29, 1.82) is 0 Å². The smallest absolute Gasteiger partial charge is 0.257 e. The molecule has 1 aromatic heterocycles. The Bertz CT molecular complexity index is 661. The minimum Gasteiger partial charge on any atom is -0.369 e. The second kappa shape index (κ2) is 5.31. The summed E-state index contributed by atoms with van der Waals surface area (Å²) in [6.45, 7) is 4.65. The molecule has 3 unspecified atom stereocenters. The van der Waals surface area contributed by atoms with Crippen molar-refractivity contribution in [2.75, 3.05) is 5.32 Å². The van der Waals surface area contributed by atoms with Crippen LogP contribution in [0.4, 0.5) is 5.82 Å². The molecule has 0 amide bonds. The van der Waals surface area contributed by atoms with E-state index in [0.717, 1.165) is 28.4 Å². The molecule has 1 aliphatic carbocycles. The number of pyridine rings is 1. The number of anilines is 1. The van der Waals surface area contributed by atoms with Gasteiger partial charge in [0.25, 0.3) is 5.56 Å². The minimum atomic E-state index is -0.0113. The van der Waals surface area contributed by atoms with Crippen molar-refractivity contribution in [2.24, 2.45) is 11.8 Å². The van der Waals surface area contributed by atoms with Crippen LogP contribution in [-0.2, 0) is 0 Å². The van der Waals surface area contributed by atoms with E-state index in [2.05, 4.69) is 24.1 Å². The van der Waals surface area contributed by atoms with Gasteiger partial charge in [-0.2, -0.15) is 0 Å². The monoisotopic (exact) mass is 270 g/mol. The van der Waals surface area contributed by atoms with Gasteiger partial charge in [-0.3, -0.25) is 4.79 Å². The van der Waals surface area contributed by atoms with Crippen molar-refractivity contribution in [3.8, 4) is 0 Å². The Balaban J connectivity index is 1.83. The molecule has 0 aliphatic heterocycles. The predicted octanol–water partition coefficient (Wildman–Crippen LogP) is 3.76. The zero-order valence-electron chi connectivity index (χ0n) is 12.1. The number of rotatable bonds is 2. The van der Waals surface area contributed by atoms with Gasteiger partial charge in [0.1, 0.15) is 5.82 Å². The van der Waals surface area contributed by atoms with E-state index in [-0.39, 0.29) is 5.56 Å². The number of H-pyrrole nitrogens is 1. The highest BCUT2D eigenvalue weighted by atomic mass is 16.1. The van der Waals surface area contributed by atoms with Crippen LogP contribution < -0.4 is 10.9 Å². The first-order chi connectivity index (χ1) is 9.63. The third kappa shape index (κ3) is 2.58. The second-order valence-corrected chi connectivity index (χ2v) is 6.21. The molecule has 3 atom stereocenters. The molecule has 0 saturated heterocycles. The van der Waals surface area contributed by atoms with Crippen LogP contribution in [-0.4, -0.2) is 11.0 Å². The van der Waals surface area contributed by atoms with Crippen molar-refractivity contribution in [3.05, 3.63) is 40.7 Å². The Morgan fingerprint density at radius 1 is 1.15 bits per heavy atom. The summed E-state index contributed by atoms with van der Waals surface area (Å²) in [6, 6.07) is 10.2. The highest BCUT2D eigenvalue weighted by Crippen LogP contribution is 2.30. The molecule has 2 N–H and O–H groups in total. The summed E-state index contributed by atoms with van der Waals surface area (Å²) in [5, 5.41) is 5.26. The lowest BCUT2D eigenvalue weighted by Crippen LogP contribution is -2.31. The van der Waals surface area contributed by atoms with Gasteiger partial charge in [0.05, 0.1) is 0 Å². The first kappa shape index (κ1) is 13.2. The zero-order chi connectivity index (χ0) is 14.1. The lowest BCUT2D eigenvalue weighted by Gasteiger charge is -2.32. The van der Waals surface area contributed by atoms with Crippen LogP contribution in [0.2, 0.25) is 0 Å². The van der Waals surface area contributed by atoms with Gasteiger partial charge in [0, 0.05) is 11.4 Å². The fourth-order valence-corrected chi connectivity index (χ4v) is 3.19. The molecular weight excluding hydrogens is 248 g/mol. The Kier molecular flexibility index (Phi) is 3.51. The average Bonchev–Trinajstić information content (AvgIpc) is 2.43. The van der Waals surface area contributed by atoms with Crippen molar-refractivity contribution in [3.63, 3.8) is 0 Å². The highest BCUT2D eigenvalue weighted by Gasteiger charge is 2.24. The van der Waals surface area contributed by atoms with E-state index in [9.17, 15) is 4.79 Å². The lowest BCUT2D eigenvalue weighted by atomic mass is 9.79. The van der Waals surface area contributed by atoms with Crippen LogP contribution in [0.25, 0.3) is 10.8 Å². The molecule has 20 heavy (non-hydrogen) atoms. The fraction of sp³-hybridized carbons (Fsp3) is 0.471. The van der Waals surface area contributed by atoms with E-state index < -0.39 is 0 Å². The number of aromatic amines is 1. The van der Waals surface area contributed by atoms with Gasteiger partial charge in [-0.05, 0) is 48.6 Å². The van der Waals surface area contributed by atoms with Crippen LogP contribution in [0.3, 0.4) is 0 Å². The van der Waals surface area contributed by atoms with Crippen molar-refractivity contribution in [1.82, 2.24) is 4.98 Å². The first-order valence-corrected chi connectivity index (χ1v) is 7.52. The lowest BCUT2D eigenvalue weighted by molar-refractivity contribution is 0.260. The molecule has 3 rings (SSSR count). The largest absolute Gasteiger partial charge is 0.369 e. The summed E-state index contributed by atoms with van der Waals surface area (Å²) < 4.78 is 0. The topological polar surface area (TPSA) is 44.9 Å². The Labute approximate surface area is 119 Å². The van der Waals surface area contributed by atoms with Gasteiger partial charge < -0.3 is 10.3 Å². The number of fused-ring (bicyclic) bond motifs is 1. The van der Waals surface area contributed by atoms with E-state index in [0.29, 0.717) is 6.04 Å². The molecule has 1 fully saturated rings. The van der Waals surface area contributed by atoms with E-state index in [1.165, 1.54) is 19.3 Å². The molecule has 0 bridgehead atoms. The van der Waals surface area contributed by atoms with Crippen LogP contribution >= 0.6 is 0 Å². The molecule has 106 valence electrons. The third-order valence-electron chi connectivity index (χ3n) is 4.71. The standard InChI is InChI=1S/C17H22N2O/c1-11-7-8-14(9-12(11)2)18-16-10-13-5-3-4-6-15(13)17(20)19-16/h3-6,10-12,14H,7-9H2,1-2H3,(H2,18,19,20). The normalized spacial score (nSPS) is 26.6. The maximum absolute atomic E-state index is 12.1. The van der Waals surface area contributed by atoms with Crippen molar-refractivity contribution < 1.29 is 0 Å². The quantitative estimate of drug-likeness (QED) is 0.872. The van der Waals surface area contributed by atoms with Gasteiger partial charge >= 0.3 is 0 Å². The van der Waals surface area contributed by atoms with Crippen LogP contribution in [0.1, 0.15) is 33.1 Å². The van der Waals surface area contributed by atoms with Crippen LogP contribution in [0, 0.1) is 11.8 Å². The zero-order valence-corrected chi connectivity index (χ0v) is 12.1.